The van der Waals surface area contributed by atoms with Crippen molar-refractivity contribution in [2.24, 2.45) is 11.8 Å². The van der Waals surface area contributed by atoms with E-state index in [0.717, 1.165) is 30.7 Å². The lowest BCUT2D eigenvalue weighted by atomic mass is 9.96. The van der Waals surface area contributed by atoms with Gasteiger partial charge in [0.1, 0.15) is 12.2 Å². The quantitative estimate of drug-likeness (QED) is 0.932. The first-order valence-electron chi connectivity index (χ1n) is 9.77. The first-order valence-corrected chi connectivity index (χ1v) is 9.77. The molecule has 1 saturated heterocycles. The second kappa shape index (κ2) is 6.54. The number of likely N-dealkylation sites (tertiary alicyclic amines) is 1. The largest absolute Gasteiger partial charge is 0.304 e. The van der Waals surface area contributed by atoms with E-state index in [4.69, 9.17) is 0 Å². The molecule has 1 aromatic heterocycles. The summed E-state index contributed by atoms with van der Waals surface area (Å²) >= 11 is 0. The molecule has 5 nitrogen and oxygen atoms in total. The zero-order valence-electron chi connectivity index (χ0n) is 14.7. The van der Waals surface area contributed by atoms with Gasteiger partial charge in [0.05, 0.1) is 6.04 Å². The maximum Gasteiger partial charge on any atom is 0.143 e. The maximum absolute atomic E-state index is 4.52. The van der Waals surface area contributed by atoms with Crippen molar-refractivity contribution >= 4 is 0 Å². The van der Waals surface area contributed by atoms with Crippen molar-refractivity contribution in [2.45, 2.75) is 50.9 Å². The SMILES string of the molecule is c1ccc(CN2C[C@@H]3CC[C@H](N[C@@H]4CCCn5ncnc54)[C@@H]3C2)cc1. The lowest BCUT2D eigenvalue weighted by Gasteiger charge is -2.29. The van der Waals surface area contributed by atoms with E-state index in [-0.39, 0.29) is 0 Å². The molecule has 0 amide bonds. The standard InChI is InChI=1S/C20H27N5/c1-2-5-15(6-3-1)11-24-12-16-8-9-18(17(16)13-24)23-19-7-4-10-25-20(19)21-14-22-25/h1-3,5-6,14,16-19,23H,4,7-13H2/t16-,17+,18-,19+/m0/s1. The molecule has 0 radical (unpaired) electrons. The van der Waals surface area contributed by atoms with Gasteiger partial charge in [0.25, 0.3) is 0 Å². The lowest BCUT2D eigenvalue weighted by molar-refractivity contribution is 0.266. The minimum Gasteiger partial charge on any atom is -0.304 e. The highest BCUT2D eigenvalue weighted by Gasteiger charge is 2.43. The van der Waals surface area contributed by atoms with Gasteiger partial charge in [-0.25, -0.2) is 9.67 Å². The molecule has 3 aliphatic rings. The summed E-state index contributed by atoms with van der Waals surface area (Å²) in [6.07, 6.45) is 6.80. The van der Waals surface area contributed by atoms with E-state index in [1.807, 2.05) is 0 Å². The number of hydrogen-bond acceptors (Lipinski definition) is 4. The third-order valence-electron chi connectivity index (χ3n) is 6.42. The van der Waals surface area contributed by atoms with Crippen molar-refractivity contribution in [3.63, 3.8) is 0 Å². The summed E-state index contributed by atoms with van der Waals surface area (Å²) in [7, 11) is 0. The number of benzene rings is 1. The monoisotopic (exact) mass is 337 g/mol. The molecule has 0 unspecified atom stereocenters. The van der Waals surface area contributed by atoms with Crippen LogP contribution in [-0.4, -0.2) is 38.8 Å². The van der Waals surface area contributed by atoms with Crippen LogP contribution in [0.15, 0.2) is 36.7 Å². The first kappa shape index (κ1) is 15.5. The van der Waals surface area contributed by atoms with E-state index in [0.29, 0.717) is 12.1 Å². The Balaban J connectivity index is 1.24. The molecule has 1 aromatic carbocycles. The Morgan fingerprint density at radius 3 is 2.92 bits per heavy atom. The molecular weight excluding hydrogens is 310 g/mol. The van der Waals surface area contributed by atoms with Gasteiger partial charge in [0.15, 0.2) is 0 Å². The Bertz CT molecular complexity index is 712. The summed E-state index contributed by atoms with van der Waals surface area (Å²) in [6.45, 7) is 4.61. The average molecular weight is 337 g/mol. The molecule has 0 spiro atoms. The Kier molecular flexibility index (Phi) is 4.06. The topological polar surface area (TPSA) is 46.0 Å². The zero-order chi connectivity index (χ0) is 16.6. The van der Waals surface area contributed by atoms with Crippen LogP contribution in [0, 0.1) is 11.8 Å². The van der Waals surface area contributed by atoms with Crippen LogP contribution in [0.1, 0.15) is 43.1 Å². The van der Waals surface area contributed by atoms with Gasteiger partial charge < -0.3 is 5.32 Å². The van der Waals surface area contributed by atoms with Crippen molar-refractivity contribution in [1.82, 2.24) is 25.0 Å². The van der Waals surface area contributed by atoms with Crippen LogP contribution < -0.4 is 5.32 Å². The summed E-state index contributed by atoms with van der Waals surface area (Å²) < 4.78 is 2.09. The van der Waals surface area contributed by atoms with E-state index in [2.05, 4.69) is 55.3 Å². The van der Waals surface area contributed by atoms with Crippen LogP contribution in [0.3, 0.4) is 0 Å². The van der Waals surface area contributed by atoms with E-state index in [1.54, 1.807) is 6.33 Å². The summed E-state index contributed by atoms with van der Waals surface area (Å²) in [5, 5.41) is 8.33. The molecule has 5 heteroatoms. The van der Waals surface area contributed by atoms with Crippen LogP contribution in [0.25, 0.3) is 0 Å². The van der Waals surface area contributed by atoms with Crippen molar-refractivity contribution < 1.29 is 0 Å². The molecule has 3 heterocycles. The number of rotatable bonds is 4. The van der Waals surface area contributed by atoms with Crippen molar-refractivity contribution in [2.75, 3.05) is 13.1 Å². The highest BCUT2D eigenvalue weighted by atomic mass is 15.4. The van der Waals surface area contributed by atoms with Crippen LogP contribution in [0.4, 0.5) is 0 Å². The number of nitrogens with zero attached hydrogens (tertiary/aromatic N) is 4. The predicted octanol–water partition coefficient (Wildman–Crippen LogP) is 2.61. The van der Waals surface area contributed by atoms with E-state index in [9.17, 15) is 0 Å². The van der Waals surface area contributed by atoms with Gasteiger partial charge in [-0.05, 0) is 43.1 Å². The number of fused-ring (bicyclic) bond motifs is 2. The minimum absolute atomic E-state index is 0.392. The first-order chi connectivity index (χ1) is 12.4. The molecule has 1 aliphatic carbocycles. The minimum atomic E-state index is 0.392. The van der Waals surface area contributed by atoms with Gasteiger partial charge in [-0.1, -0.05) is 30.3 Å². The molecule has 132 valence electrons. The normalized spacial score (nSPS) is 31.8. The summed E-state index contributed by atoms with van der Waals surface area (Å²) in [4.78, 5) is 7.17. The number of aryl methyl sites for hydroxylation is 1. The molecule has 25 heavy (non-hydrogen) atoms. The molecule has 2 fully saturated rings. The fourth-order valence-electron chi connectivity index (χ4n) is 5.24. The third kappa shape index (κ3) is 3.00. The van der Waals surface area contributed by atoms with E-state index in [1.165, 1.54) is 44.3 Å². The summed E-state index contributed by atoms with van der Waals surface area (Å²) in [5.74, 6) is 2.80. The van der Waals surface area contributed by atoms with Crippen molar-refractivity contribution in [3.8, 4) is 0 Å². The second-order valence-electron chi connectivity index (χ2n) is 7.99. The smallest absolute Gasteiger partial charge is 0.143 e. The second-order valence-corrected chi connectivity index (χ2v) is 7.99. The van der Waals surface area contributed by atoms with E-state index < -0.39 is 0 Å². The Hall–Kier alpha value is -1.72. The fourth-order valence-corrected chi connectivity index (χ4v) is 5.24. The highest BCUT2D eigenvalue weighted by molar-refractivity contribution is 5.15. The lowest BCUT2D eigenvalue weighted by Crippen LogP contribution is -2.40. The van der Waals surface area contributed by atoms with Crippen LogP contribution in [0.5, 0.6) is 0 Å². The van der Waals surface area contributed by atoms with Crippen molar-refractivity contribution in [3.05, 3.63) is 48.0 Å². The zero-order valence-corrected chi connectivity index (χ0v) is 14.7. The Morgan fingerprint density at radius 2 is 2.00 bits per heavy atom. The molecule has 0 bridgehead atoms. The molecule has 4 atom stereocenters. The Morgan fingerprint density at radius 1 is 1.08 bits per heavy atom. The number of nitrogens with one attached hydrogen (secondary N) is 1. The summed E-state index contributed by atoms with van der Waals surface area (Å²) in [6, 6.07) is 11.9. The molecular formula is C20H27N5. The van der Waals surface area contributed by atoms with Crippen molar-refractivity contribution in [1.29, 1.82) is 0 Å². The van der Waals surface area contributed by atoms with Gasteiger partial charge in [0, 0.05) is 32.2 Å². The van der Waals surface area contributed by atoms with Gasteiger partial charge in [0.2, 0.25) is 0 Å². The summed E-state index contributed by atoms with van der Waals surface area (Å²) in [5.41, 5.74) is 1.44. The maximum atomic E-state index is 4.52. The number of hydrogen-bond donors (Lipinski definition) is 1. The van der Waals surface area contributed by atoms with Crippen LogP contribution in [0.2, 0.25) is 0 Å². The predicted molar refractivity (Wildman–Crippen MR) is 96.9 cm³/mol. The Labute approximate surface area is 149 Å². The third-order valence-corrected chi connectivity index (χ3v) is 6.42. The molecule has 2 aromatic rings. The van der Waals surface area contributed by atoms with Crippen LogP contribution >= 0.6 is 0 Å². The van der Waals surface area contributed by atoms with Gasteiger partial charge in [-0.2, -0.15) is 5.10 Å². The molecule has 2 aliphatic heterocycles. The van der Waals surface area contributed by atoms with Gasteiger partial charge in [-0.15, -0.1) is 0 Å². The molecule has 1 N–H and O–H groups in total. The van der Waals surface area contributed by atoms with Crippen LogP contribution in [-0.2, 0) is 13.1 Å². The van der Waals surface area contributed by atoms with Gasteiger partial charge in [-0.3, -0.25) is 4.90 Å². The van der Waals surface area contributed by atoms with Gasteiger partial charge >= 0.3 is 0 Å². The highest BCUT2D eigenvalue weighted by Crippen LogP contribution is 2.40. The average Bonchev–Trinajstić information content (AvgIpc) is 3.33. The fraction of sp³-hybridized carbons (Fsp3) is 0.600. The number of aromatic nitrogens is 3. The molecule has 5 rings (SSSR count). The molecule has 1 saturated carbocycles. The van der Waals surface area contributed by atoms with E-state index >= 15 is 0 Å².